The molecule has 0 spiro atoms. The van der Waals surface area contributed by atoms with Gasteiger partial charge in [-0.2, -0.15) is 0 Å². The molecule has 0 bridgehead atoms. The van der Waals surface area contributed by atoms with E-state index in [1.807, 2.05) is 16.3 Å². The Bertz CT molecular complexity index is 1310. The molecule has 1 aliphatic rings. The van der Waals surface area contributed by atoms with Crippen LogP contribution in [0, 0.1) is 5.82 Å². The van der Waals surface area contributed by atoms with Crippen molar-refractivity contribution in [2.75, 3.05) is 45.6 Å². The number of carbonyl (C=O) groups excluding carboxylic acids is 2. The molecule has 2 amide bonds. The molecule has 208 valence electrons. The first-order valence-corrected chi connectivity index (χ1v) is 14.5. The molecular weight excluding hydrogens is 543 g/mol. The zero-order valence-electron chi connectivity index (χ0n) is 21.6. The number of hydrogen-bond donors (Lipinski definition) is 2. The third kappa shape index (κ3) is 7.98. The number of nitrogens with zero attached hydrogens (tertiary/aromatic N) is 3. The van der Waals surface area contributed by atoms with Gasteiger partial charge in [0.05, 0.1) is 23.0 Å². The number of aliphatic carboxylic acids is 1. The molecule has 1 atom stereocenters. The Morgan fingerprint density at radius 2 is 2.10 bits per heavy atom. The lowest BCUT2D eigenvalue weighted by molar-refractivity contribution is -0.142. The number of halogens is 1. The number of piperazine rings is 1. The molecule has 3 heterocycles. The van der Waals surface area contributed by atoms with Gasteiger partial charge in [0.25, 0.3) is 0 Å². The normalized spacial score (nSPS) is 16.3. The van der Waals surface area contributed by atoms with E-state index in [-0.39, 0.29) is 0 Å². The maximum absolute atomic E-state index is 14.8. The van der Waals surface area contributed by atoms with Gasteiger partial charge in [0.2, 0.25) is 11.8 Å². The number of pyridine rings is 1. The molecule has 1 saturated heterocycles. The molecule has 1 aliphatic heterocycles. The van der Waals surface area contributed by atoms with E-state index in [9.17, 15) is 18.8 Å². The van der Waals surface area contributed by atoms with Gasteiger partial charge >= 0.3 is 5.97 Å². The van der Waals surface area contributed by atoms with Crippen LogP contribution in [0.2, 0.25) is 0 Å². The Morgan fingerprint density at radius 3 is 2.85 bits per heavy atom. The second-order valence-electron chi connectivity index (χ2n) is 9.19. The molecule has 0 radical (unpaired) electrons. The lowest BCUT2D eigenvalue weighted by Crippen LogP contribution is -2.60. The molecule has 0 saturated carbocycles. The summed E-state index contributed by atoms with van der Waals surface area (Å²) in [5, 5.41) is 13.9. The van der Waals surface area contributed by atoms with Crippen LogP contribution >= 0.6 is 23.1 Å². The van der Waals surface area contributed by atoms with Crippen LogP contribution in [0.25, 0.3) is 10.9 Å². The molecule has 0 aliphatic carbocycles. The van der Waals surface area contributed by atoms with E-state index in [0.29, 0.717) is 54.7 Å². The molecule has 1 aromatic carbocycles. The number of fused-ring (bicyclic) bond motifs is 1. The number of carboxylic acid groups (broad SMARTS) is 1. The standard InChI is InChI=1S/C27H31FN4O5S2/c1-37-18-6-7-22-20(14-18)19(21(28)16-29-22)4-2-8-32-10-9-31(11-13-39-26-5-3-12-38-26)17-23(32)27(36)30-24(33)15-25(34)35/h3,5-7,12,14,16,23H,2,4,8-11,13,15,17H2,1H3,(H,34,35)(H,30,33,36)/t23-/m1/s1. The number of rotatable bonds is 12. The number of aromatic nitrogens is 1. The summed E-state index contributed by atoms with van der Waals surface area (Å²) >= 11 is 3.45. The number of amides is 2. The topological polar surface area (TPSA) is 112 Å². The number of aryl methyl sites for hydroxylation is 1. The Hall–Kier alpha value is -3.06. The summed E-state index contributed by atoms with van der Waals surface area (Å²) in [6.07, 6.45) is 1.47. The number of imide groups is 1. The number of thiophene rings is 1. The number of ether oxygens (including phenoxy) is 1. The van der Waals surface area contributed by atoms with E-state index in [0.717, 1.165) is 18.8 Å². The van der Waals surface area contributed by atoms with Crippen LogP contribution < -0.4 is 10.1 Å². The summed E-state index contributed by atoms with van der Waals surface area (Å²) in [4.78, 5) is 44.3. The van der Waals surface area contributed by atoms with Gasteiger partial charge in [-0.25, -0.2) is 4.39 Å². The second kappa shape index (κ2) is 13.8. The minimum absolute atomic E-state index is 0.391. The van der Waals surface area contributed by atoms with E-state index < -0.39 is 36.1 Å². The van der Waals surface area contributed by atoms with Crippen molar-refractivity contribution < 1.29 is 28.6 Å². The highest BCUT2D eigenvalue weighted by Crippen LogP contribution is 2.26. The molecule has 4 rings (SSSR count). The quantitative estimate of drug-likeness (QED) is 0.249. The van der Waals surface area contributed by atoms with Crippen molar-refractivity contribution in [3.05, 3.63) is 53.3 Å². The molecule has 2 aromatic heterocycles. The summed E-state index contributed by atoms with van der Waals surface area (Å²) in [7, 11) is 1.56. The van der Waals surface area contributed by atoms with Gasteiger partial charge in [-0.1, -0.05) is 6.07 Å². The Labute approximate surface area is 234 Å². The predicted molar refractivity (Wildman–Crippen MR) is 149 cm³/mol. The number of thioether (sulfide) groups is 1. The van der Waals surface area contributed by atoms with Gasteiger partial charge in [0.15, 0.2) is 0 Å². The molecule has 1 fully saturated rings. The average Bonchev–Trinajstić information content (AvgIpc) is 3.43. The first-order chi connectivity index (χ1) is 18.8. The number of benzene rings is 1. The van der Waals surface area contributed by atoms with Crippen molar-refractivity contribution in [2.45, 2.75) is 29.5 Å². The first-order valence-electron chi connectivity index (χ1n) is 12.6. The van der Waals surface area contributed by atoms with Crippen molar-refractivity contribution in [1.29, 1.82) is 0 Å². The van der Waals surface area contributed by atoms with E-state index in [2.05, 4.69) is 21.3 Å². The smallest absolute Gasteiger partial charge is 0.312 e. The molecule has 3 aromatic rings. The fourth-order valence-electron chi connectivity index (χ4n) is 4.66. The lowest BCUT2D eigenvalue weighted by Gasteiger charge is -2.40. The maximum Gasteiger partial charge on any atom is 0.312 e. The highest BCUT2D eigenvalue weighted by atomic mass is 32.2. The number of methoxy groups -OCH3 is 1. The Morgan fingerprint density at radius 1 is 1.26 bits per heavy atom. The molecule has 0 unspecified atom stereocenters. The Kier molecular flexibility index (Phi) is 10.3. The highest BCUT2D eigenvalue weighted by Gasteiger charge is 2.33. The fraction of sp³-hybridized carbons (Fsp3) is 0.407. The molecular formula is C27H31FN4O5S2. The van der Waals surface area contributed by atoms with E-state index in [1.165, 1.54) is 10.4 Å². The van der Waals surface area contributed by atoms with Crippen LogP contribution in [0.15, 0.2) is 46.1 Å². The largest absolute Gasteiger partial charge is 0.497 e. The van der Waals surface area contributed by atoms with Crippen molar-refractivity contribution in [3.8, 4) is 5.75 Å². The van der Waals surface area contributed by atoms with Gasteiger partial charge in [-0.15, -0.1) is 23.1 Å². The predicted octanol–water partition coefficient (Wildman–Crippen LogP) is 3.27. The van der Waals surface area contributed by atoms with Crippen LogP contribution in [0.1, 0.15) is 18.4 Å². The van der Waals surface area contributed by atoms with E-state index in [4.69, 9.17) is 9.84 Å². The molecule has 39 heavy (non-hydrogen) atoms. The lowest BCUT2D eigenvalue weighted by atomic mass is 10.0. The molecule has 2 N–H and O–H groups in total. The van der Waals surface area contributed by atoms with Gasteiger partial charge in [0.1, 0.15) is 24.0 Å². The van der Waals surface area contributed by atoms with Crippen LogP contribution in [-0.4, -0.2) is 89.3 Å². The number of hydrogen-bond acceptors (Lipinski definition) is 9. The zero-order chi connectivity index (χ0) is 27.8. The Balaban J connectivity index is 1.41. The van der Waals surface area contributed by atoms with Crippen molar-refractivity contribution in [3.63, 3.8) is 0 Å². The fourth-order valence-corrected chi connectivity index (χ4v) is 6.52. The van der Waals surface area contributed by atoms with Crippen molar-refractivity contribution in [2.24, 2.45) is 0 Å². The zero-order valence-corrected chi connectivity index (χ0v) is 23.2. The number of carbonyl (C=O) groups is 3. The SMILES string of the molecule is COc1ccc2ncc(F)c(CCCN3CCN(CCSc4cccs4)C[C@@H]3C(=O)NC(=O)CC(=O)O)c2c1. The second-order valence-corrected chi connectivity index (χ2v) is 11.5. The third-order valence-electron chi connectivity index (χ3n) is 6.61. The minimum Gasteiger partial charge on any atom is -0.497 e. The van der Waals surface area contributed by atoms with E-state index >= 15 is 0 Å². The summed E-state index contributed by atoms with van der Waals surface area (Å²) in [5.74, 6) is -1.55. The summed E-state index contributed by atoms with van der Waals surface area (Å²) < 4.78 is 21.3. The van der Waals surface area contributed by atoms with Crippen LogP contribution in [0.3, 0.4) is 0 Å². The summed E-state index contributed by atoms with van der Waals surface area (Å²) in [6.45, 7) is 3.06. The van der Waals surface area contributed by atoms with Gasteiger partial charge in [-0.3, -0.25) is 34.5 Å². The monoisotopic (exact) mass is 574 g/mol. The summed E-state index contributed by atoms with van der Waals surface area (Å²) in [5.41, 5.74) is 1.22. The molecule has 12 heteroatoms. The van der Waals surface area contributed by atoms with Crippen LogP contribution in [0.5, 0.6) is 5.75 Å². The van der Waals surface area contributed by atoms with Crippen LogP contribution in [-0.2, 0) is 20.8 Å². The number of nitrogens with one attached hydrogen (secondary N) is 1. The van der Waals surface area contributed by atoms with Gasteiger partial charge < -0.3 is 9.84 Å². The van der Waals surface area contributed by atoms with Crippen molar-refractivity contribution in [1.82, 2.24) is 20.1 Å². The summed E-state index contributed by atoms with van der Waals surface area (Å²) in [6, 6.07) is 8.81. The van der Waals surface area contributed by atoms with Crippen LogP contribution in [0.4, 0.5) is 4.39 Å². The minimum atomic E-state index is -1.30. The third-order valence-corrected chi connectivity index (χ3v) is 8.72. The van der Waals surface area contributed by atoms with Crippen molar-refractivity contribution >= 4 is 51.8 Å². The van der Waals surface area contributed by atoms with Gasteiger partial charge in [-0.05, 0) is 54.6 Å². The maximum atomic E-state index is 14.8. The highest BCUT2D eigenvalue weighted by molar-refractivity contribution is 8.01. The molecule has 9 nitrogen and oxygen atoms in total. The average molecular weight is 575 g/mol. The first kappa shape index (κ1) is 28.9. The number of carboxylic acids is 1. The van der Waals surface area contributed by atoms with Gasteiger partial charge in [0, 0.05) is 37.3 Å². The van der Waals surface area contributed by atoms with E-state index in [1.54, 1.807) is 48.4 Å².